The molecular formula is C14H29NS. The Kier molecular flexibility index (Phi) is 9.40. The molecule has 0 aromatic heterocycles. The van der Waals surface area contributed by atoms with Crippen LogP contribution in [-0.4, -0.2) is 24.6 Å². The van der Waals surface area contributed by atoms with Crippen molar-refractivity contribution in [2.24, 2.45) is 5.92 Å². The van der Waals surface area contributed by atoms with Crippen LogP contribution in [0.25, 0.3) is 0 Å². The summed E-state index contributed by atoms with van der Waals surface area (Å²) in [6.45, 7) is 4.76. The van der Waals surface area contributed by atoms with Crippen LogP contribution in [0.2, 0.25) is 0 Å². The fraction of sp³-hybridized carbons (Fsp3) is 1.00. The molecule has 0 aromatic rings. The Hall–Kier alpha value is 0.310. The zero-order chi connectivity index (χ0) is 11.5. The Morgan fingerprint density at radius 1 is 1.06 bits per heavy atom. The van der Waals surface area contributed by atoms with Gasteiger partial charge in [-0.1, -0.05) is 39.0 Å². The van der Waals surface area contributed by atoms with Crippen LogP contribution >= 0.6 is 11.8 Å². The maximum absolute atomic E-state index is 3.63. The van der Waals surface area contributed by atoms with Crippen LogP contribution in [-0.2, 0) is 0 Å². The maximum atomic E-state index is 3.63. The molecular weight excluding hydrogens is 214 g/mol. The first-order chi connectivity index (χ1) is 7.93. The van der Waals surface area contributed by atoms with Gasteiger partial charge in [0.15, 0.2) is 0 Å². The van der Waals surface area contributed by atoms with Crippen molar-refractivity contribution in [1.82, 2.24) is 5.32 Å². The molecule has 1 N–H and O–H groups in total. The Balaban J connectivity index is 1.77. The lowest BCUT2D eigenvalue weighted by atomic mass is 9.89. The number of nitrogens with one attached hydrogen (secondary N) is 1. The molecule has 1 nitrogen and oxygen atoms in total. The zero-order valence-corrected chi connectivity index (χ0v) is 11.8. The highest BCUT2D eigenvalue weighted by Gasteiger charge is 2.11. The van der Waals surface area contributed by atoms with Crippen LogP contribution < -0.4 is 5.32 Å². The molecule has 0 aliphatic heterocycles. The molecule has 0 radical (unpaired) electrons. The number of hydrogen-bond donors (Lipinski definition) is 1. The highest BCUT2D eigenvalue weighted by molar-refractivity contribution is 7.99. The lowest BCUT2D eigenvalue weighted by molar-refractivity contribution is 0.345. The van der Waals surface area contributed by atoms with E-state index >= 15 is 0 Å². The summed E-state index contributed by atoms with van der Waals surface area (Å²) in [6, 6.07) is 0. The van der Waals surface area contributed by atoms with Crippen molar-refractivity contribution in [3.63, 3.8) is 0 Å². The van der Waals surface area contributed by atoms with E-state index in [0.717, 1.165) is 5.92 Å². The fourth-order valence-corrected chi connectivity index (χ4v) is 3.30. The molecule has 0 aromatic carbocycles. The van der Waals surface area contributed by atoms with Crippen molar-refractivity contribution < 1.29 is 0 Å². The van der Waals surface area contributed by atoms with E-state index in [4.69, 9.17) is 0 Å². The van der Waals surface area contributed by atoms with Crippen molar-refractivity contribution in [3.8, 4) is 0 Å². The van der Waals surface area contributed by atoms with Crippen molar-refractivity contribution in [2.75, 3.05) is 24.6 Å². The standard InChI is InChI=1S/C14H29NS/c1-2-3-7-11-16-12-10-15-13-14-8-5-4-6-9-14/h14-15H,2-13H2,1H3. The molecule has 1 rings (SSSR count). The van der Waals surface area contributed by atoms with Gasteiger partial charge in [0.25, 0.3) is 0 Å². The minimum absolute atomic E-state index is 0.985. The molecule has 2 heteroatoms. The third-order valence-corrected chi connectivity index (χ3v) is 4.54. The molecule has 0 saturated heterocycles. The summed E-state index contributed by atoms with van der Waals surface area (Å²) < 4.78 is 0. The average molecular weight is 243 g/mol. The number of rotatable bonds is 9. The molecule has 0 atom stereocenters. The summed E-state index contributed by atoms with van der Waals surface area (Å²) in [5, 5.41) is 3.63. The van der Waals surface area contributed by atoms with E-state index in [9.17, 15) is 0 Å². The van der Waals surface area contributed by atoms with Crippen molar-refractivity contribution >= 4 is 11.8 Å². The first-order valence-electron chi connectivity index (χ1n) is 7.22. The second-order valence-corrected chi connectivity index (χ2v) is 6.25. The summed E-state index contributed by atoms with van der Waals surface area (Å²) >= 11 is 2.12. The van der Waals surface area contributed by atoms with Gasteiger partial charge in [-0.15, -0.1) is 0 Å². The normalized spacial score (nSPS) is 17.8. The Morgan fingerprint density at radius 3 is 2.62 bits per heavy atom. The lowest BCUT2D eigenvalue weighted by Crippen LogP contribution is -2.26. The summed E-state index contributed by atoms with van der Waals surface area (Å²) in [5.41, 5.74) is 0. The van der Waals surface area contributed by atoms with Gasteiger partial charge < -0.3 is 5.32 Å². The van der Waals surface area contributed by atoms with Gasteiger partial charge in [0.05, 0.1) is 0 Å². The molecule has 1 saturated carbocycles. The van der Waals surface area contributed by atoms with Crippen LogP contribution in [0.15, 0.2) is 0 Å². The van der Waals surface area contributed by atoms with Crippen molar-refractivity contribution in [1.29, 1.82) is 0 Å². The van der Waals surface area contributed by atoms with Crippen molar-refractivity contribution in [2.45, 2.75) is 58.3 Å². The van der Waals surface area contributed by atoms with E-state index in [2.05, 4.69) is 24.0 Å². The molecule has 0 amide bonds. The molecule has 0 spiro atoms. The molecule has 1 aliphatic carbocycles. The van der Waals surface area contributed by atoms with Crippen LogP contribution in [0.4, 0.5) is 0 Å². The van der Waals surface area contributed by atoms with Crippen molar-refractivity contribution in [3.05, 3.63) is 0 Å². The predicted octanol–water partition coefficient (Wildman–Crippen LogP) is 4.08. The molecule has 96 valence electrons. The second kappa shape index (κ2) is 10.5. The highest BCUT2D eigenvalue weighted by Crippen LogP contribution is 2.22. The van der Waals surface area contributed by atoms with Crippen LogP contribution in [0.1, 0.15) is 58.3 Å². The average Bonchev–Trinajstić information content (AvgIpc) is 2.34. The van der Waals surface area contributed by atoms with E-state index in [-0.39, 0.29) is 0 Å². The summed E-state index contributed by atoms with van der Waals surface area (Å²) in [4.78, 5) is 0. The predicted molar refractivity (Wildman–Crippen MR) is 76.3 cm³/mol. The molecule has 0 unspecified atom stereocenters. The largest absolute Gasteiger partial charge is 0.316 e. The Bertz CT molecular complexity index is 144. The fourth-order valence-electron chi connectivity index (χ4n) is 2.40. The van der Waals surface area contributed by atoms with Gasteiger partial charge in [-0.25, -0.2) is 0 Å². The molecule has 1 fully saturated rings. The van der Waals surface area contributed by atoms with Gasteiger partial charge in [-0.05, 0) is 37.5 Å². The molecule has 1 aliphatic rings. The van der Waals surface area contributed by atoms with Crippen LogP contribution in [0.5, 0.6) is 0 Å². The molecule has 0 heterocycles. The number of thioether (sulfide) groups is 1. The number of unbranched alkanes of at least 4 members (excludes halogenated alkanes) is 2. The Morgan fingerprint density at radius 2 is 1.88 bits per heavy atom. The summed E-state index contributed by atoms with van der Waals surface area (Å²) in [5.74, 6) is 3.65. The second-order valence-electron chi connectivity index (χ2n) is 5.03. The van der Waals surface area contributed by atoms with Gasteiger partial charge in [0, 0.05) is 12.3 Å². The maximum Gasteiger partial charge on any atom is 0.00581 e. The highest BCUT2D eigenvalue weighted by atomic mass is 32.2. The van der Waals surface area contributed by atoms with E-state index in [1.54, 1.807) is 0 Å². The third kappa shape index (κ3) is 7.56. The summed E-state index contributed by atoms with van der Waals surface area (Å²) in [6.07, 6.45) is 11.5. The van der Waals surface area contributed by atoms with E-state index in [1.807, 2.05) is 0 Å². The van der Waals surface area contributed by atoms with Crippen LogP contribution in [0.3, 0.4) is 0 Å². The van der Waals surface area contributed by atoms with E-state index in [1.165, 1.54) is 76.0 Å². The minimum Gasteiger partial charge on any atom is -0.316 e. The summed E-state index contributed by atoms with van der Waals surface area (Å²) in [7, 11) is 0. The van der Waals surface area contributed by atoms with E-state index < -0.39 is 0 Å². The van der Waals surface area contributed by atoms with Gasteiger partial charge in [-0.3, -0.25) is 0 Å². The quantitative estimate of drug-likeness (QED) is 0.612. The first-order valence-corrected chi connectivity index (χ1v) is 8.37. The Labute approximate surface area is 106 Å². The third-order valence-electron chi connectivity index (χ3n) is 3.47. The van der Waals surface area contributed by atoms with Gasteiger partial charge in [-0.2, -0.15) is 11.8 Å². The van der Waals surface area contributed by atoms with Crippen LogP contribution in [0, 0.1) is 5.92 Å². The zero-order valence-electron chi connectivity index (χ0n) is 11.0. The first kappa shape index (κ1) is 14.4. The smallest absolute Gasteiger partial charge is 0.00581 e. The molecule has 0 bridgehead atoms. The molecule has 16 heavy (non-hydrogen) atoms. The van der Waals surface area contributed by atoms with Gasteiger partial charge >= 0.3 is 0 Å². The SMILES string of the molecule is CCCCCSCCNCC1CCCCC1. The topological polar surface area (TPSA) is 12.0 Å². The van der Waals surface area contributed by atoms with E-state index in [0.29, 0.717) is 0 Å². The van der Waals surface area contributed by atoms with Gasteiger partial charge in [0.1, 0.15) is 0 Å². The monoisotopic (exact) mass is 243 g/mol. The minimum atomic E-state index is 0.985. The van der Waals surface area contributed by atoms with Gasteiger partial charge in [0.2, 0.25) is 0 Å². The lowest BCUT2D eigenvalue weighted by Gasteiger charge is -2.21. The number of hydrogen-bond acceptors (Lipinski definition) is 2.